The molecule has 2 aromatic heterocycles. The summed E-state index contributed by atoms with van der Waals surface area (Å²) in [6, 6.07) is 7.20. The maximum absolute atomic E-state index is 13.5. The summed E-state index contributed by atoms with van der Waals surface area (Å²) < 4.78 is 12.4. The van der Waals surface area contributed by atoms with E-state index in [4.69, 9.17) is 9.47 Å². The van der Waals surface area contributed by atoms with Crippen LogP contribution in [0.3, 0.4) is 0 Å². The van der Waals surface area contributed by atoms with Gasteiger partial charge in [-0.1, -0.05) is 17.4 Å². The molecule has 3 heterocycles. The highest BCUT2D eigenvalue weighted by Gasteiger charge is 2.33. The number of thiophene rings is 1. The Kier molecular flexibility index (Phi) is 6.25. The minimum Gasteiger partial charge on any atom is -0.496 e. The van der Waals surface area contributed by atoms with E-state index in [1.807, 2.05) is 17.5 Å². The van der Waals surface area contributed by atoms with E-state index in [2.05, 4.69) is 4.99 Å². The smallest absolute Gasteiger partial charge is 0.338 e. The zero-order valence-corrected chi connectivity index (χ0v) is 19.6. The standard InChI is InChI=1S/C22H19N3O6S2/c1-4-31-21(27)18-12(2)23-22-24(19(18)16-6-5-9-32-16)20(26)17(33-22)11-13-10-14(25(28)29)7-8-15(13)30-3/h5-11,19H,4H2,1-3H3/b17-11+/t19-/m0/s1. The van der Waals surface area contributed by atoms with Gasteiger partial charge in [0.2, 0.25) is 0 Å². The van der Waals surface area contributed by atoms with Crippen molar-refractivity contribution in [1.82, 2.24) is 4.57 Å². The van der Waals surface area contributed by atoms with Gasteiger partial charge in [-0.05, 0) is 37.4 Å². The number of nitro benzene ring substituents is 1. The largest absolute Gasteiger partial charge is 0.496 e. The molecule has 33 heavy (non-hydrogen) atoms. The number of allylic oxidation sites excluding steroid dienone is 1. The number of hydrogen-bond acceptors (Lipinski definition) is 9. The molecule has 0 N–H and O–H groups in total. The lowest BCUT2D eigenvalue weighted by atomic mass is 10.0. The first-order chi connectivity index (χ1) is 15.8. The van der Waals surface area contributed by atoms with Crippen molar-refractivity contribution in [3.8, 4) is 5.75 Å². The molecule has 11 heteroatoms. The molecule has 1 aromatic carbocycles. The number of esters is 1. The lowest BCUT2D eigenvalue weighted by Crippen LogP contribution is -2.39. The molecule has 170 valence electrons. The first-order valence-electron chi connectivity index (χ1n) is 9.91. The summed E-state index contributed by atoms with van der Waals surface area (Å²) in [5.74, 6) is -0.128. The van der Waals surface area contributed by atoms with Gasteiger partial charge in [-0.15, -0.1) is 11.3 Å². The number of methoxy groups -OCH3 is 1. The average Bonchev–Trinajstić information content (AvgIpc) is 3.41. The monoisotopic (exact) mass is 485 g/mol. The second-order valence-corrected chi connectivity index (χ2v) is 8.99. The molecule has 1 aliphatic heterocycles. The predicted molar refractivity (Wildman–Crippen MR) is 124 cm³/mol. The summed E-state index contributed by atoms with van der Waals surface area (Å²) in [6.07, 6.45) is 1.55. The van der Waals surface area contributed by atoms with E-state index in [1.54, 1.807) is 19.9 Å². The van der Waals surface area contributed by atoms with Crippen LogP contribution in [0.2, 0.25) is 0 Å². The number of aromatic nitrogens is 1. The topological polar surface area (TPSA) is 113 Å². The fourth-order valence-electron chi connectivity index (χ4n) is 3.60. The molecule has 9 nitrogen and oxygen atoms in total. The Labute approximate surface area is 195 Å². The van der Waals surface area contributed by atoms with Crippen LogP contribution in [-0.2, 0) is 9.53 Å². The first kappa shape index (κ1) is 22.6. The molecular weight excluding hydrogens is 466 g/mol. The van der Waals surface area contributed by atoms with Crippen molar-refractivity contribution in [2.24, 2.45) is 4.99 Å². The van der Waals surface area contributed by atoms with Crippen LogP contribution in [0.15, 0.2) is 56.8 Å². The van der Waals surface area contributed by atoms with Gasteiger partial charge >= 0.3 is 5.97 Å². The van der Waals surface area contributed by atoms with Gasteiger partial charge in [0.05, 0.1) is 34.4 Å². The Morgan fingerprint density at radius 1 is 1.36 bits per heavy atom. The van der Waals surface area contributed by atoms with Crippen LogP contribution in [0.1, 0.15) is 30.3 Å². The zero-order chi connectivity index (χ0) is 23.7. The van der Waals surface area contributed by atoms with Gasteiger partial charge in [-0.2, -0.15) is 0 Å². The lowest BCUT2D eigenvalue weighted by Gasteiger charge is -2.23. The summed E-state index contributed by atoms with van der Waals surface area (Å²) in [4.78, 5) is 42.7. The van der Waals surface area contributed by atoms with E-state index in [1.165, 1.54) is 41.2 Å². The maximum atomic E-state index is 13.5. The maximum Gasteiger partial charge on any atom is 0.338 e. The van der Waals surface area contributed by atoms with E-state index < -0.39 is 16.9 Å². The molecule has 0 saturated carbocycles. The van der Waals surface area contributed by atoms with Crippen LogP contribution in [-0.4, -0.2) is 29.2 Å². The van der Waals surface area contributed by atoms with Crippen molar-refractivity contribution in [3.05, 3.63) is 87.2 Å². The molecule has 0 spiro atoms. The second kappa shape index (κ2) is 9.12. The van der Waals surface area contributed by atoms with Gasteiger partial charge in [0.25, 0.3) is 11.2 Å². The predicted octanol–water partition coefficient (Wildman–Crippen LogP) is 2.78. The fraction of sp³-hybridized carbons (Fsp3) is 0.227. The van der Waals surface area contributed by atoms with E-state index in [0.29, 0.717) is 31.9 Å². The van der Waals surface area contributed by atoms with E-state index >= 15 is 0 Å². The molecule has 0 bridgehead atoms. The Morgan fingerprint density at radius 3 is 2.79 bits per heavy atom. The van der Waals surface area contributed by atoms with Crippen LogP contribution < -0.4 is 19.6 Å². The lowest BCUT2D eigenvalue weighted by molar-refractivity contribution is -0.384. The quantitative estimate of drug-likeness (QED) is 0.301. The van der Waals surface area contributed by atoms with Crippen molar-refractivity contribution < 1.29 is 19.2 Å². The number of nitrogens with zero attached hydrogens (tertiary/aromatic N) is 3. The number of hydrogen-bond donors (Lipinski definition) is 0. The molecule has 0 fully saturated rings. The second-order valence-electron chi connectivity index (χ2n) is 7.00. The van der Waals surface area contributed by atoms with Crippen molar-refractivity contribution in [2.45, 2.75) is 19.9 Å². The zero-order valence-electron chi connectivity index (χ0n) is 17.9. The number of thiazole rings is 1. The van der Waals surface area contributed by atoms with Gasteiger partial charge in [0.15, 0.2) is 4.80 Å². The van der Waals surface area contributed by atoms with Crippen molar-refractivity contribution in [1.29, 1.82) is 0 Å². The van der Waals surface area contributed by atoms with E-state index in [9.17, 15) is 19.7 Å². The average molecular weight is 486 g/mol. The minimum atomic E-state index is -0.672. The van der Waals surface area contributed by atoms with Gasteiger partial charge in [0.1, 0.15) is 11.8 Å². The number of ether oxygens (including phenoxy) is 2. The third-order valence-corrected chi connectivity index (χ3v) is 6.95. The first-order valence-corrected chi connectivity index (χ1v) is 11.6. The summed E-state index contributed by atoms with van der Waals surface area (Å²) in [5.41, 5.74) is 0.705. The Morgan fingerprint density at radius 2 is 2.15 bits per heavy atom. The summed E-state index contributed by atoms with van der Waals surface area (Å²) >= 11 is 2.57. The third-order valence-electron chi connectivity index (χ3n) is 5.04. The molecule has 1 aliphatic rings. The van der Waals surface area contributed by atoms with E-state index in [-0.39, 0.29) is 17.9 Å². The normalized spacial score (nSPS) is 15.7. The molecule has 4 rings (SSSR count). The molecule has 0 radical (unpaired) electrons. The number of rotatable bonds is 6. The third kappa shape index (κ3) is 4.12. The fourth-order valence-corrected chi connectivity index (χ4v) is 5.46. The number of carbonyl (C=O) groups is 1. The van der Waals surface area contributed by atoms with E-state index in [0.717, 1.165) is 16.2 Å². The molecule has 3 aromatic rings. The Hall–Kier alpha value is -3.57. The SMILES string of the molecule is CCOC(=O)C1=C(C)N=c2s/c(=C/c3cc([N+](=O)[O-])ccc3OC)c(=O)n2[C@H]1c1cccs1. The number of benzene rings is 1. The molecule has 0 unspecified atom stereocenters. The minimum absolute atomic E-state index is 0.119. The van der Waals surface area contributed by atoms with Crippen molar-refractivity contribution in [3.63, 3.8) is 0 Å². The van der Waals surface area contributed by atoms with Crippen LogP contribution in [0.5, 0.6) is 5.75 Å². The molecule has 0 aliphatic carbocycles. The highest BCUT2D eigenvalue weighted by Crippen LogP contribution is 2.33. The highest BCUT2D eigenvalue weighted by molar-refractivity contribution is 7.10. The van der Waals surface area contributed by atoms with Gasteiger partial charge in [-0.3, -0.25) is 19.5 Å². The summed E-state index contributed by atoms with van der Waals surface area (Å²) in [7, 11) is 1.45. The van der Waals surface area contributed by atoms with Crippen LogP contribution >= 0.6 is 22.7 Å². The van der Waals surface area contributed by atoms with Crippen LogP contribution in [0.4, 0.5) is 5.69 Å². The molecule has 0 amide bonds. The number of carbonyl (C=O) groups excluding carboxylic acids is 1. The molecule has 0 saturated heterocycles. The molecular formula is C22H19N3O6S2. The number of fused-ring (bicyclic) bond motifs is 1. The van der Waals surface area contributed by atoms with Gasteiger partial charge in [-0.25, -0.2) is 9.79 Å². The van der Waals surface area contributed by atoms with Crippen LogP contribution in [0, 0.1) is 10.1 Å². The number of non-ortho nitro benzene ring substituents is 1. The van der Waals surface area contributed by atoms with Crippen LogP contribution in [0.25, 0.3) is 6.08 Å². The Balaban J connectivity index is 1.95. The Bertz CT molecular complexity index is 1450. The summed E-state index contributed by atoms with van der Waals surface area (Å²) in [6.45, 7) is 3.63. The van der Waals surface area contributed by atoms with Crippen molar-refractivity contribution >= 4 is 40.4 Å². The highest BCUT2D eigenvalue weighted by atomic mass is 32.1. The molecule has 1 atom stereocenters. The van der Waals surface area contributed by atoms with Crippen molar-refractivity contribution in [2.75, 3.05) is 13.7 Å². The summed E-state index contributed by atoms with van der Waals surface area (Å²) in [5, 5.41) is 13.1. The van der Waals surface area contributed by atoms with Gasteiger partial charge < -0.3 is 9.47 Å². The number of nitro groups is 1. The van der Waals surface area contributed by atoms with Gasteiger partial charge in [0, 0.05) is 22.6 Å².